The molecule has 19 heavy (non-hydrogen) atoms. The Kier molecular flexibility index (Phi) is 4.11. The second-order valence-corrected chi connectivity index (χ2v) is 9.37. The van der Waals surface area contributed by atoms with Crippen LogP contribution in [0.2, 0.25) is 0 Å². The topological polar surface area (TPSA) is 0 Å². The van der Waals surface area contributed by atoms with Gasteiger partial charge in [-0.15, -0.1) is 0 Å². The maximum Gasteiger partial charge on any atom is -0.0169 e. The van der Waals surface area contributed by atoms with Crippen molar-refractivity contribution in [1.29, 1.82) is 0 Å². The summed E-state index contributed by atoms with van der Waals surface area (Å²) in [5, 5.41) is 0. The third-order valence-electron chi connectivity index (χ3n) is 6.61. The molecule has 0 nitrogen and oxygen atoms in total. The van der Waals surface area contributed by atoms with Crippen molar-refractivity contribution in [3.63, 3.8) is 0 Å². The lowest BCUT2D eigenvalue weighted by Gasteiger charge is -2.60. The van der Waals surface area contributed by atoms with E-state index in [1.165, 1.54) is 51.4 Å². The lowest BCUT2D eigenvalue weighted by molar-refractivity contribution is -0.117. The Morgan fingerprint density at radius 2 is 1.16 bits per heavy atom. The molecular formula is C19H36. The summed E-state index contributed by atoms with van der Waals surface area (Å²) in [6.07, 6.45) is 11.9. The summed E-state index contributed by atoms with van der Waals surface area (Å²) in [5.41, 5.74) is 1.38. The van der Waals surface area contributed by atoms with E-state index >= 15 is 0 Å². The normalized spacial score (nSPS) is 32.5. The predicted octanol–water partition coefficient (Wildman–Crippen LogP) is 6.45. The van der Waals surface area contributed by atoms with Crippen LogP contribution in [-0.2, 0) is 0 Å². The van der Waals surface area contributed by atoms with Crippen molar-refractivity contribution in [3.8, 4) is 0 Å². The van der Waals surface area contributed by atoms with Crippen LogP contribution in [0.5, 0.6) is 0 Å². The highest BCUT2D eigenvalue weighted by Crippen LogP contribution is 2.64. The van der Waals surface area contributed by atoms with Gasteiger partial charge in [-0.2, -0.15) is 0 Å². The molecule has 0 aromatic carbocycles. The average Bonchev–Trinajstić information content (AvgIpc) is 2.46. The molecule has 2 aliphatic carbocycles. The zero-order valence-electron chi connectivity index (χ0n) is 14.3. The number of rotatable bonds is 0. The van der Waals surface area contributed by atoms with Gasteiger partial charge < -0.3 is 0 Å². The third-order valence-corrected chi connectivity index (χ3v) is 6.61. The van der Waals surface area contributed by atoms with Crippen molar-refractivity contribution in [1.82, 2.24) is 0 Å². The minimum atomic E-state index is 0.426. The second kappa shape index (κ2) is 5.08. The lowest BCUT2D eigenvalue weighted by atomic mass is 9.44. The molecule has 0 saturated heterocycles. The third kappa shape index (κ3) is 2.49. The maximum atomic E-state index is 2.52. The molecule has 2 unspecified atom stereocenters. The lowest BCUT2D eigenvalue weighted by Crippen LogP contribution is -2.53. The first-order chi connectivity index (χ1) is 8.70. The van der Waals surface area contributed by atoms with E-state index < -0.39 is 0 Å². The highest BCUT2D eigenvalue weighted by atomic mass is 14.6. The van der Waals surface area contributed by atoms with Gasteiger partial charge in [0.25, 0.3) is 0 Å². The molecular weight excluding hydrogens is 228 g/mol. The molecule has 0 bridgehead atoms. The molecule has 0 heterocycles. The fourth-order valence-electron chi connectivity index (χ4n) is 6.19. The number of fused-ring (bicyclic) bond motifs is 1. The first kappa shape index (κ1) is 15.4. The van der Waals surface area contributed by atoms with Crippen molar-refractivity contribution < 1.29 is 0 Å². The molecule has 0 radical (unpaired) electrons. The quantitative estimate of drug-likeness (QED) is 0.472. The van der Waals surface area contributed by atoms with Crippen LogP contribution in [-0.4, -0.2) is 0 Å². The van der Waals surface area contributed by atoms with E-state index in [1.54, 1.807) is 0 Å². The minimum absolute atomic E-state index is 0.426. The van der Waals surface area contributed by atoms with E-state index in [1.807, 2.05) is 0 Å². The van der Waals surface area contributed by atoms with E-state index in [-0.39, 0.29) is 0 Å². The molecule has 2 aliphatic rings. The van der Waals surface area contributed by atoms with Gasteiger partial charge in [0, 0.05) is 0 Å². The molecule has 0 spiro atoms. The van der Waals surface area contributed by atoms with Crippen molar-refractivity contribution >= 4 is 0 Å². The average molecular weight is 264 g/mol. The summed E-state index contributed by atoms with van der Waals surface area (Å²) >= 11 is 0. The van der Waals surface area contributed by atoms with E-state index in [0.29, 0.717) is 16.2 Å². The molecule has 2 saturated carbocycles. The van der Waals surface area contributed by atoms with Gasteiger partial charge >= 0.3 is 0 Å². The van der Waals surface area contributed by atoms with Gasteiger partial charge in [0.1, 0.15) is 0 Å². The Balaban J connectivity index is 2.48. The Hall–Kier alpha value is 0. The molecule has 2 fully saturated rings. The van der Waals surface area contributed by atoms with Gasteiger partial charge in [0.15, 0.2) is 0 Å². The largest absolute Gasteiger partial charge is 0.0596 e. The standard InChI is InChI=1S/C19H36/c1-17(2,3)19(18(4,5)6)14-10-9-12-15-11-7-8-13-16(15)19/h15-16H,7-14H2,1-6H3. The Bertz CT molecular complexity index is 285. The zero-order valence-corrected chi connectivity index (χ0v) is 14.3. The molecule has 0 amide bonds. The van der Waals surface area contributed by atoms with Crippen molar-refractivity contribution in [3.05, 3.63) is 0 Å². The fraction of sp³-hybridized carbons (Fsp3) is 1.00. The monoisotopic (exact) mass is 264 g/mol. The first-order valence-corrected chi connectivity index (χ1v) is 8.70. The van der Waals surface area contributed by atoms with E-state index in [9.17, 15) is 0 Å². The van der Waals surface area contributed by atoms with E-state index in [2.05, 4.69) is 41.5 Å². The van der Waals surface area contributed by atoms with Gasteiger partial charge in [0.2, 0.25) is 0 Å². The van der Waals surface area contributed by atoms with Crippen LogP contribution in [0.4, 0.5) is 0 Å². The van der Waals surface area contributed by atoms with Crippen molar-refractivity contribution in [2.75, 3.05) is 0 Å². The summed E-state index contributed by atoms with van der Waals surface area (Å²) in [6.45, 7) is 15.1. The van der Waals surface area contributed by atoms with Gasteiger partial charge in [-0.25, -0.2) is 0 Å². The van der Waals surface area contributed by atoms with Gasteiger partial charge in [-0.3, -0.25) is 0 Å². The molecule has 0 aromatic rings. The Morgan fingerprint density at radius 3 is 1.68 bits per heavy atom. The van der Waals surface area contributed by atoms with Crippen LogP contribution < -0.4 is 0 Å². The predicted molar refractivity (Wildman–Crippen MR) is 85.3 cm³/mol. The molecule has 0 aromatic heterocycles. The smallest absolute Gasteiger partial charge is 0.0169 e. The summed E-state index contributed by atoms with van der Waals surface area (Å²) in [5.74, 6) is 2.00. The van der Waals surface area contributed by atoms with Crippen molar-refractivity contribution in [2.45, 2.75) is 92.9 Å². The molecule has 0 N–H and O–H groups in total. The van der Waals surface area contributed by atoms with Gasteiger partial charge in [0.05, 0.1) is 0 Å². The van der Waals surface area contributed by atoms with Crippen LogP contribution >= 0.6 is 0 Å². The van der Waals surface area contributed by atoms with Crippen LogP contribution in [0, 0.1) is 28.1 Å². The summed E-state index contributed by atoms with van der Waals surface area (Å²) < 4.78 is 0. The summed E-state index contributed by atoms with van der Waals surface area (Å²) in [6, 6.07) is 0. The Labute approximate surface area is 121 Å². The Morgan fingerprint density at radius 1 is 0.684 bits per heavy atom. The second-order valence-electron chi connectivity index (χ2n) is 9.37. The van der Waals surface area contributed by atoms with Gasteiger partial charge in [-0.05, 0) is 40.9 Å². The maximum absolute atomic E-state index is 2.52. The summed E-state index contributed by atoms with van der Waals surface area (Å²) in [4.78, 5) is 0. The first-order valence-electron chi connectivity index (χ1n) is 8.70. The van der Waals surface area contributed by atoms with Crippen LogP contribution in [0.25, 0.3) is 0 Å². The SMILES string of the molecule is CC(C)(C)C1(C(C)(C)C)CCCCC2CCCCC21. The van der Waals surface area contributed by atoms with E-state index in [4.69, 9.17) is 0 Å². The molecule has 0 aliphatic heterocycles. The van der Waals surface area contributed by atoms with Crippen molar-refractivity contribution in [2.24, 2.45) is 28.1 Å². The molecule has 0 heteroatoms. The molecule has 2 atom stereocenters. The van der Waals surface area contributed by atoms with E-state index in [0.717, 1.165) is 11.8 Å². The van der Waals surface area contributed by atoms with Crippen LogP contribution in [0.1, 0.15) is 92.9 Å². The molecule has 112 valence electrons. The van der Waals surface area contributed by atoms with Crippen LogP contribution in [0.15, 0.2) is 0 Å². The fourth-order valence-corrected chi connectivity index (χ4v) is 6.19. The molecule has 2 rings (SSSR count). The number of hydrogen-bond donors (Lipinski definition) is 0. The zero-order chi connectivity index (χ0) is 14.3. The highest BCUT2D eigenvalue weighted by molar-refractivity contribution is 5.05. The summed E-state index contributed by atoms with van der Waals surface area (Å²) in [7, 11) is 0. The minimum Gasteiger partial charge on any atom is -0.0596 e. The van der Waals surface area contributed by atoms with Crippen LogP contribution in [0.3, 0.4) is 0 Å². The number of hydrogen-bond acceptors (Lipinski definition) is 0. The van der Waals surface area contributed by atoms with Gasteiger partial charge in [-0.1, -0.05) is 80.1 Å². The highest BCUT2D eigenvalue weighted by Gasteiger charge is 2.57.